The Morgan fingerprint density at radius 2 is 2.04 bits per heavy atom. The van der Waals surface area contributed by atoms with Crippen LogP contribution in [0.4, 0.5) is 0 Å². The third-order valence-electron chi connectivity index (χ3n) is 3.88. The second-order valence-corrected chi connectivity index (χ2v) is 6.52. The summed E-state index contributed by atoms with van der Waals surface area (Å²) >= 11 is 1.54. The molecule has 0 spiro atoms. The molecule has 2 rings (SSSR count). The molecule has 1 atom stereocenters. The number of ether oxygens (including phenoxy) is 2. The zero-order valence-corrected chi connectivity index (χ0v) is 15.4. The Kier molecular flexibility index (Phi) is 6.61. The lowest BCUT2D eigenvalue weighted by Gasteiger charge is -2.26. The molecule has 0 aliphatic carbocycles. The number of benzene rings is 1. The first kappa shape index (κ1) is 18.3. The Labute approximate surface area is 147 Å². The molecule has 1 aromatic carbocycles. The van der Waals surface area contributed by atoms with Gasteiger partial charge in [0.1, 0.15) is 11.6 Å². The summed E-state index contributed by atoms with van der Waals surface area (Å²) in [5.41, 5.74) is 0.897. The van der Waals surface area contributed by atoms with Crippen molar-refractivity contribution in [2.75, 3.05) is 7.11 Å². The molecule has 0 aliphatic heterocycles. The van der Waals surface area contributed by atoms with Crippen LogP contribution in [0.25, 0.3) is 0 Å². The second-order valence-electron chi connectivity index (χ2n) is 5.58. The molecule has 130 valence electrons. The van der Waals surface area contributed by atoms with E-state index in [1.165, 1.54) is 0 Å². The lowest BCUT2D eigenvalue weighted by molar-refractivity contribution is -0.131. The van der Waals surface area contributed by atoms with Crippen LogP contribution in [0.2, 0.25) is 0 Å². The minimum absolute atomic E-state index is 0.0733. The van der Waals surface area contributed by atoms with E-state index in [4.69, 9.17) is 9.47 Å². The monoisotopic (exact) mass is 348 g/mol. The molecular formula is C18H24N2O3S. The molecule has 24 heavy (non-hydrogen) atoms. The summed E-state index contributed by atoms with van der Waals surface area (Å²) < 4.78 is 11.1. The quantitative estimate of drug-likeness (QED) is 0.726. The molecule has 1 amide bonds. The van der Waals surface area contributed by atoms with E-state index in [1.54, 1.807) is 25.4 Å². The summed E-state index contributed by atoms with van der Waals surface area (Å²) in [6.07, 6.45) is 0.924. The molecule has 1 aromatic heterocycles. The molecule has 0 N–H and O–H groups in total. The Bertz CT molecular complexity index is 672. The summed E-state index contributed by atoms with van der Waals surface area (Å²) in [5.74, 6) is 1.47. The van der Waals surface area contributed by atoms with Gasteiger partial charge >= 0.3 is 0 Å². The van der Waals surface area contributed by atoms with Crippen molar-refractivity contribution in [3.8, 4) is 11.5 Å². The third-order valence-corrected chi connectivity index (χ3v) is 4.75. The zero-order valence-electron chi connectivity index (χ0n) is 14.6. The van der Waals surface area contributed by atoms with Gasteiger partial charge in [0.15, 0.2) is 11.5 Å². The highest BCUT2D eigenvalue weighted by Gasteiger charge is 2.17. The van der Waals surface area contributed by atoms with Gasteiger partial charge in [0.2, 0.25) is 5.91 Å². The van der Waals surface area contributed by atoms with Crippen molar-refractivity contribution in [2.24, 2.45) is 0 Å². The zero-order chi connectivity index (χ0) is 17.5. The largest absolute Gasteiger partial charge is 0.493 e. The fraction of sp³-hybridized carbons (Fsp3) is 0.444. The van der Waals surface area contributed by atoms with Crippen molar-refractivity contribution < 1.29 is 14.3 Å². The molecule has 0 unspecified atom stereocenters. The fourth-order valence-electron chi connectivity index (χ4n) is 2.34. The average Bonchev–Trinajstić information content (AvgIpc) is 3.04. The van der Waals surface area contributed by atoms with Crippen LogP contribution < -0.4 is 9.47 Å². The number of carbonyl (C=O) groups excluding carboxylic acids is 1. The molecule has 0 fully saturated rings. The Hall–Kier alpha value is -2.08. The Balaban J connectivity index is 1.99. The van der Waals surface area contributed by atoms with Crippen molar-refractivity contribution in [1.82, 2.24) is 9.88 Å². The van der Waals surface area contributed by atoms with E-state index in [9.17, 15) is 4.79 Å². The summed E-state index contributed by atoms with van der Waals surface area (Å²) in [6.45, 7) is 6.65. The molecule has 6 heteroatoms. The Morgan fingerprint density at radius 1 is 1.33 bits per heavy atom. The summed E-state index contributed by atoms with van der Waals surface area (Å²) in [6, 6.07) is 7.74. The Morgan fingerprint density at radius 3 is 2.67 bits per heavy atom. The second kappa shape index (κ2) is 8.68. The molecular weight excluding hydrogens is 324 g/mol. The molecule has 0 aliphatic rings. The van der Waals surface area contributed by atoms with Gasteiger partial charge in [-0.25, -0.2) is 4.98 Å². The van der Waals surface area contributed by atoms with Crippen molar-refractivity contribution >= 4 is 17.2 Å². The smallest absolute Gasteiger partial charge is 0.220 e. The van der Waals surface area contributed by atoms with Crippen LogP contribution in [0.15, 0.2) is 29.6 Å². The lowest BCUT2D eigenvalue weighted by atomic mass is 10.2. The van der Waals surface area contributed by atoms with Crippen LogP contribution in [-0.2, 0) is 17.9 Å². The van der Waals surface area contributed by atoms with E-state index >= 15 is 0 Å². The van der Waals surface area contributed by atoms with Crippen molar-refractivity contribution in [2.45, 2.75) is 46.4 Å². The van der Waals surface area contributed by atoms with E-state index in [1.807, 2.05) is 34.5 Å². The number of hydrogen-bond acceptors (Lipinski definition) is 5. The fourth-order valence-corrected chi connectivity index (χ4v) is 3.03. The maximum Gasteiger partial charge on any atom is 0.220 e. The van der Waals surface area contributed by atoms with Crippen LogP contribution in [0.3, 0.4) is 0 Å². The van der Waals surface area contributed by atoms with Gasteiger partial charge in [0.05, 0.1) is 19.3 Å². The first-order chi connectivity index (χ1) is 11.5. The predicted molar refractivity (Wildman–Crippen MR) is 95.4 cm³/mol. The summed E-state index contributed by atoms with van der Waals surface area (Å²) in [4.78, 5) is 18.2. The van der Waals surface area contributed by atoms with E-state index in [2.05, 4.69) is 18.8 Å². The van der Waals surface area contributed by atoms with Crippen LogP contribution in [0.1, 0.15) is 37.9 Å². The number of methoxy groups -OCH3 is 1. The van der Waals surface area contributed by atoms with Gasteiger partial charge in [0, 0.05) is 18.3 Å². The SMILES string of the molecule is CC[C@@H](C)N(Cc1csc(COc2ccccc2OC)n1)C(C)=O. The number of hydrogen-bond donors (Lipinski definition) is 0. The topological polar surface area (TPSA) is 51.7 Å². The van der Waals surface area contributed by atoms with Gasteiger partial charge in [-0.1, -0.05) is 19.1 Å². The van der Waals surface area contributed by atoms with Gasteiger partial charge in [-0.05, 0) is 25.5 Å². The minimum Gasteiger partial charge on any atom is -0.493 e. The van der Waals surface area contributed by atoms with Gasteiger partial charge in [0.25, 0.3) is 0 Å². The summed E-state index contributed by atoms with van der Waals surface area (Å²) in [7, 11) is 1.62. The maximum atomic E-state index is 11.8. The molecule has 1 heterocycles. The number of aromatic nitrogens is 1. The highest BCUT2D eigenvalue weighted by Crippen LogP contribution is 2.27. The first-order valence-electron chi connectivity index (χ1n) is 8.01. The molecule has 0 bridgehead atoms. The van der Waals surface area contributed by atoms with Crippen molar-refractivity contribution in [3.05, 3.63) is 40.3 Å². The number of thiazole rings is 1. The van der Waals surface area contributed by atoms with E-state index in [0.29, 0.717) is 24.7 Å². The van der Waals surface area contributed by atoms with Crippen molar-refractivity contribution in [1.29, 1.82) is 0 Å². The van der Waals surface area contributed by atoms with Gasteiger partial charge in [-0.3, -0.25) is 4.79 Å². The first-order valence-corrected chi connectivity index (χ1v) is 8.89. The van der Waals surface area contributed by atoms with E-state index in [-0.39, 0.29) is 11.9 Å². The normalized spacial score (nSPS) is 11.8. The number of amides is 1. The summed E-state index contributed by atoms with van der Waals surface area (Å²) in [5, 5.41) is 2.86. The number of rotatable bonds is 8. The highest BCUT2D eigenvalue weighted by molar-refractivity contribution is 7.09. The average molecular weight is 348 g/mol. The van der Waals surface area contributed by atoms with E-state index in [0.717, 1.165) is 17.1 Å². The molecule has 0 radical (unpaired) electrons. The number of nitrogens with zero attached hydrogens (tertiary/aromatic N) is 2. The minimum atomic E-state index is 0.0733. The third kappa shape index (κ3) is 4.71. The van der Waals surface area contributed by atoms with Crippen LogP contribution in [-0.4, -0.2) is 28.9 Å². The predicted octanol–water partition coefficient (Wildman–Crippen LogP) is 3.88. The maximum absolute atomic E-state index is 11.8. The number of para-hydroxylation sites is 2. The van der Waals surface area contributed by atoms with Gasteiger partial charge in [-0.2, -0.15) is 0 Å². The lowest BCUT2D eigenvalue weighted by Crippen LogP contribution is -2.36. The van der Waals surface area contributed by atoms with Crippen LogP contribution in [0.5, 0.6) is 11.5 Å². The van der Waals surface area contributed by atoms with Gasteiger partial charge < -0.3 is 14.4 Å². The number of carbonyl (C=O) groups is 1. The van der Waals surface area contributed by atoms with Gasteiger partial charge in [-0.15, -0.1) is 11.3 Å². The molecule has 2 aromatic rings. The molecule has 0 saturated heterocycles. The van der Waals surface area contributed by atoms with Crippen molar-refractivity contribution in [3.63, 3.8) is 0 Å². The molecule has 0 saturated carbocycles. The highest BCUT2D eigenvalue weighted by atomic mass is 32.1. The van der Waals surface area contributed by atoms with Crippen LogP contribution >= 0.6 is 11.3 Å². The standard InChI is InChI=1S/C18H24N2O3S/c1-5-13(2)20(14(3)21)10-15-12-24-18(19-15)11-23-17-9-7-6-8-16(17)22-4/h6-9,12-13H,5,10-11H2,1-4H3/t13-/m1/s1. The molecule has 5 nitrogen and oxygen atoms in total. The van der Waals surface area contributed by atoms with Crippen LogP contribution in [0, 0.1) is 0 Å². The van der Waals surface area contributed by atoms with E-state index < -0.39 is 0 Å².